The monoisotopic (exact) mass is 526 g/mol. The molecule has 2 atom stereocenters. The van der Waals surface area contributed by atoms with Crippen LogP contribution in [-0.2, 0) is 28.7 Å². The number of esters is 4. The fourth-order valence-electron chi connectivity index (χ4n) is 3.69. The second-order valence-electron chi connectivity index (χ2n) is 8.82. The quantitative estimate of drug-likeness (QED) is 0.164. The number of ether oxygens (including phenoxy) is 4. The van der Waals surface area contributed by atoms with Crippen molar-refractivity contribution in [1.82, 2.24) is 0 Å². The van der Waals surface area contributed by atoms with Crippen molar-refractivity contribution < 1.29 is 38.1 Å². The van der Waals surface area contributed by atoms with Crippen molar-refractivity contribution in [3.63, 3.8) is 0 Å². The maximum absolute atomic E-state index is 12.4. The average molecular weight is 527 g/mol. The van der Waals surface area contributed by atoms with Crippen LogP contribution >= 0.6 is 0 Å². The Labute approximate surface area is 224 Å². The van der Waals surface area contributed by atoms with Crippen LogP contribution in [0.5, 0.6) is 11.5 Å². The highest BCUT2D eigenvalue weighted by Gasteiger charge is 2.25. The molecule has 0 aliphatic rings. The van der Waals surface area contributed by atoms with E-state index in [0.29, 0.717) is 11.5 Å². The van der Waals surface area contributed by atoms with E-state index in [9.17, 15) is 19.2 Å². The van der Waals surface area contributed by atoms with Gasteiger partial charge in [0.2, 0.25) is 0 Å². The summed E-state index contributed by atoms with van der Waals surface area (Å²) < 4.78 is 20.8. The highest BCUT2D eigenvalue weighted by molar-refractivity contribution is 5.95. The van der Waals surface area contributed by atoms with Crippen molar-refractivity contribution in [3.05, 3.63) is 97.1 Å². The largest absolute Gasteiger partial charge is 0.450 e. The Morgan fingerprint density at radius 3 is 1.56 bits per heavy atom. The van der Waals surface area contributed by atoms with E-state index < -0.39 is 42.5 Å². The van der Waals surface area contributed by atoms with Crippen molar-refractivity contribution in [2.45, 2.75) is 32.5 Å². The number of rotatable bonds is 9. The summed E-state index contributed by atoms with van der Waals surface area (Å²) in [5, 5.41) is 3.74. The van der Waals surface area contributed by atoms with Gasteiger partial charge in [0.25, 0.3) is 0 Å². The molecule has 39 heavy (non-hydrogen) atoms. The lowest BCUT2D eigenvalue weighted by molar-refractivity contribution is -0.162. The summed E-state index contributed by atoms with van der Waals surface area (Å²) >= 11 is 0. The lowest BCUT2D eigenvalue weighted by Gasteiger charge is -2.15. The maximum atomic E-state index is 12.4. The Morgan fingerprint density at radius 2 is 1.08 bits per heavy atom. The fourth-order valence-corrected chi connectivity index (χ4v) is 3.69. The van der Waals surface area contributed by atoms with Crippen molar-refractivity contribution in [3.8, 4) is 11.5 Å². The maximum Gasteiger partial charge on any atom is 0.352 e. The van der Waals surface area contributed by atoms with Crippen LogP contribution in [-0.4, -0.2) is 36.1 Å². The van der Waals surface area contributed by atoms with Crippen molar-refractivity contribution in [1.29, 1.82) is 0 Å². The van der Waals surface area contributed by atoms with E-state index in [4.69, 9.17) is 18.9 Å². The minimum absolute atomic E-state index is 0.250. The molecular formula is C31H26O8. The Kier molecular flexibility index (Phi) is 8.36. The molecule has 0 amide bonds. The molecule has 0 saturated heterocycles. The molecular weight excluding hydrogens is 500 g/mol. The van der Waals surface area contributed by atoms with E-state index in [1.807, 2.05) is 54.6 Å². The summed E-state index contributed by atoms with van der Waals surface area (Å²) in [7, 11) is 0. The van der Waals surface area contributed by atoms with Gasteiger partial charge >= 0.3 is 23.9 Å². The molecule has 0 radical (unpaired) electrons. The first-order valence-corrected chi connectivity index (χ1v) is 12.2. The summed E-state index contributed by atoms with van der Waals surface area (Å²) in [6.07, 6.45) is -3.03. The van der Waals surface area contributed by atoms with Crippen LogP contribution in [0.4, 0.5) is 0 Å². The standard InChI is InChI=1S/C31H26O8/c1-19(29(33)37-21(3)31(35)39-27-15-13-23-9-5-7-11-25(23)18-27)16-28(32)36-20(2)30(34)38-26-14-12-22-8-4-6-10-24(22)17-26/h4-15,17-18,20-21H,1,16H2,2-3H3. The molecule has 0 spiro atoms. The van der Waals surface area contributed by atoms with Gasteiger partial charge in [-0.05, 0) is 59.7 Å². The van der Waals surface area contributed by atoms with Crippen LogP contribution in [0.2, 0.25) is 0 Å². The number of carbonyl (C=O) groups is 4. The fraction of sp³-hybridized carbons (Fsp3) is 0.161. The number of fused-ring (bicyclic) bond motifs is 2. The molecule has 0 bridgehead atoms. The van der Waals surface area contributed by atoms with Gasteiger partial charge in [0.1, 0.15) is 11.5 Å². The number of hydrogen-bond acceptors (Lipinski definition) is 8. The molecule has 0 aromatic heterocycles. The molecule has 4 rings (SSSR count). The molecule has 4 aromatic carbocycles. The van der Waals surface area contributed by atoms with Gasteiger partial charge < -0.3 is 18.9 Å². The lowest BCUT2D eigenvalue weighted by atomic mass is 10.1. The van der Waals surface area contributed by atoms with E-state index in [0.717, 1.165) is 21.5 Å². The molecule has 0 aliphatic carbocycles. The molecule has 0 N–H and O–H groups in total. The summed E-state index contributed by atoms with van der Waals surface area (Å²) in [4.78, 5) is 49.4. The van der Waals surface area contributed by atoms with Crippen LogP contribution in [0.1, 0.15) is 20.3 Å². The topological polar surface area (TPSA) is 105 Å². The molecule has 8 nitrogen and oxygen atoms in total. The number of benzene rings is 4. The lowest BCUT2D eigenvalue weighted by Crippen LogP contribution is -2.30. The molecule has 8 heteroatoms. The first-order valence-electron chi connectivity index (χ1n) is 12.2. The van der Waals surface area contributed by atoms with E-state index in [1.54, 1.807) is 30.3 Å². The van der Waals surface area contributed by atoms with Crippen molar-refractivity contribution >= 4 is 45.4 Å². The Hall–Kier alpha value is -4.98. The minimum atomic E-state index is -1.26. The molecule has 2 unspecified atom stereocenters. The smallest absolute Gasteiger partial charge is 0.352 e. The van der Waals surface area contributed by atoms with E-state index in [-0.39, 0.29) is 5.57 Å². The van der Waals surface area contributed by atoms with Gasteiger partial charge in [-0.1, -0.05) is 67.2 Å². The Bertz CT molecular complexity index is 1570. The molecule has 0 saturated carbocycles. The predicted octanol–water partition coefficient (Wildman–Crippen LogP) is 5.31. The predicted molar refractivity (Wildman–Crippen MR) is 144 cm³/mol. The minimum Gasteiger partial charge on any atom is -0.450 e. The Balaban J connectivity index is 1.23. The Morgan fingerprint density at radius 1 is 0.641 bits per heavy atom. The van der Waals surface area contributed by atoms with Crippen LogP contribution in [0, 0.1) is 0 Å². The first kappa shape index (κ1) is 27.1. The summed E-state index contributed by atoms with van der Waals surface area (Å²) in [6.45, 7) is 6.23. The molecule has 198 valence electrons. The molecule has 0 fully saturated rings. The highest BCUT2D eigenvalue weighted by atomic mass is 16.6. The highest BCUT2D eigenvalue weighted by Crippen LogP contribution is 2.22. The van der Waals surface area contributed by atoms with Gasteiger partial charge in [0.15, 0.2) is 12.2 Å². The third kappa shape index (κ3) is 7.07. The normalized spacial score (nSPS) is 12.3. The van der Waals surface area contributed by atoms with Gasteiger partial charge in [-0.25, -0.2) is 14.4 Å². The second-order valence-corrected chi connectivity index (χ2v) is 8.82. The van der Waals surface area contributed by atoms with Gasteiger partial charge in [0.05, 0.1) is 6.42 Å². The summed E-state index contributed by atoms with van der Waals surface area (Å²) in [5.74, 6) is -2.82. The zero-order valence-corrected chi connectivity index (χ0v) is 21.4. The molecule has 4 aromatic rings. The van der Waals surface area contributed by atoms with E-state index in [2.05, 4.69) is 6.58 Å². The summed E-state index contributed by atoms with van der Waals surface area (Å²) in [6, 6.07) is 25.4. The molecule has 0 heterocycles. The third-order valence-electron chi connectivity index (χ3n) is 5.78. The van der Waals surface area contributed by atoms with E-state index >= 15 is 0 Å². The molecule has 0 aliphatic heterocycles. The number of hydrogen-bond donors (Lipinski definition) is 0. The van der Waals surface area contributed by atoms with Crippen molar-refractivity contribution in [2.24, 2.45) is 0 Å². The van der Waals surface area contributed by atoms with Crippen LogP contribution in [0.25, 0.3) is 21.5 Å². The SMILES string of the molecule is C=C(CC(=O)OC(C)C(=O)Oc1ccc2ccccc2c1)C(=O)OC(C)C(=O)Oc1ccc2ccccc2c1. The first-order chi connectivity index (χ1) is 18.7. The van der Waals surface area contributed by atoms with Crippen LogP contribution in [0.15, 0.2) is 97.1 Å². The zero-order valence-electron chi connectivity index (χ0n) is 21.4. The zero-order chi connectivity index (χ0) is 27.9. The van der Waals surface area contributed by atoms with Gasteiger partial charge in [-0.2, -0.15) is 0 Å². The van der Waals surface area contributed by atoms with Crippen LogP contribution in [0.3, 0.4) is 0 Å². The van der Waals surface area contributed by atoms with E-state index in [1.165, 1.54) is 13.8 Å². The van der Waals surface area contributed by atoms with Gasteiger partial charge in [-0.3, -0.25) is 4.79 Å². The third-order valence-corrected chi connectivity index (χ3v) is 5.78. The summed E-state index contributed by atoms with van der Waals surface area (Å²) in [5.41, 5.74) is -0.250. The van der Waals surface area contributed by atoms with Crippen molar-refractivity contribution in [2.75, 3.05) is 0 Å². The van der Waals surface area contributed by atoms with Crippen LogP contribution < -0.4 is 9.47 Å². The second kappa shape index (κ2) is 12.0. The number of carbonyl (C=O) groups excluding carboxylic acids is 4. The van der Waals surface area contributed by atoms with Gasteiger partial charge in [-0.15, -0.1) is 0 Å². The van der Waals surface area contributed by atoms with Gasteiger partial charge in [0, 0.05) is 5.57 Å². The average Bonchev–Trinajstić information content (AvgIpc) is 2.92.